The number of amides is 1. The molecule has 19 heavy (non-hydrogen) atoms. The van der Waals surface area contributed by atoms with E-state index in [1.54, 1.807) is 11.3 Å². The monoisotopic (exact) mass is 281 g/mol. The van der Waals surface area contributed by atoms with Crippen molar-refractivity contribution in [3.8, 4) is 0 Å². The molecule has 0 saturated heterocycles. The van der Waals surface area contributed by atoms with Gasteiger partial charge in [-0.3, -0.25) is 4.79 Å². The van der Waals surface area contributed by atoms with Gasteiger partial charge in [-0.25, -0.2) is 0 Å². The fourth-order valence-electron chi connectivity index (χ4n) is 2.67. The van der Waals surface area contributed by atoms with Crippen LogP contribution in [0.1, 0.15) is 59.1 Å². The van der Waals surface area contributed by atoms with Gasteiger partial charge in [0.15, 0.2) is 0 Å². The Morgan fingerprint density at radius 2 is 2.21 bits per heavy atom. The maximum Gasteiger partial charge on any atom is 0.261 e. The number of aryl methyl sites for hydroxylation is 2. The molecule has 1 aliphatic carbocycles. The quantitative estimate of drug-likeness (QED) is 0.891. The van der Waals surface area contributed by atoms with E-state index in [-0.39, 0.29) is 18.1 Å². The second-order valence-corrected chi connectivity index (χ2v) is 6.63. The first kappa shape index (κ1) is 14.5. The van der Waals surface area contributed by atoms with Crippen molar-refractivity contribution in [2.75, 3.05) is 0 Å². The summed E-state index contributed by atoms with van der Waals surface area (Å²) < 4.78 is 0. The van der Waals surface area contributed by atoms with Gasteiger partial charge in [0.05, 0.1) is 17.0 Å². The first-order valence-corrected chi connectivity index (χ1v) is 8.01. The molecule has 2 rings (SSSR count). The minimum Gasteiger partial charge on any atom is -0.391 e. The molecule has 1 heterocycles. The van der Waals surface area contributed by atoms with Crippen LogP contribution in [0.4, 0.5) is 0 Å². The summed E-state index contributed by atoms with van der Waals surface area (Å²) in [5.74, 6) is -0.0265. The molecule has 1 aliphatic rings. The fourth-order valence-corrected chi connectivity index (χ4v) is 3.64. The van der Waals surface area contributed by atoms with Gasteiger partial charge >= 0.3 is 0 Å². The normalized spacial score (nSPS) is 23.3. The minimum atomic E-state index is -0.381. The number of carbonyl (C=O) groups excluding carboxylic acids is 1. The highest BCUT2D eigenvalue weighted by Crippen LogP contribution is 2.24. The lowest BCUT2D eigenvalue weighted by atomic mass is 9.92. The van der Waals surface area contributed by atoms with Gasteiger partial charge < -0.3 is 10.4 Å². The number of aliphatic hydroxyl groups excluding tert-OH is 1. The lowest BCUT2D eigenvalue weighted by Crippen LogP contribution is -2.44. The molecule has 1 aromatic rings. The zero-order chi connectivity index (χ0) is 13.8. The molecular weight excluding hydrogens is 258 g/mol. The number of aliphatic hydroxyl groups is 1. The number of rotatable bonds is 4. The summed E-state index contributed by atoms with van der Waals surface area (Å²) >= 11 is 1.56. The Kier molecular flexibility index (Phi) is 4.99. The van der Waals surface area contributed by atoms with Crippen molar-refractivity contribution in [2.24, 2.45) is 0 Å². The van der Waals surface area contributed by atoms with Crippen LogP contribution in [0.5, 0.6) is 0 Å². The Bertz CT molecular complexity index is 441. The zero-order valence-electron chi connectivity index (χ0n) is 11.7. The molecule has 1 fully saturated rings. The minimum absolute atomic E-state index is 0.0265. The van der Waals surface area contributed by atoms with Gasteiger partial charge in [-0.05, 0) is 37.8 Å². The van der Waals surface area contributed by atoms with Gasteiger partial charge in [0.25, 0.3) is 5.91 Å². The molecule has 106 valence electrons. The van der Waals surface area contributed by atoms with Gasteiger partial charge in [0.2, 0.25) is 0 Å². The molecular formula is C15H23NO2S. The Balaban J connectivity index is 2.01. The summed E-state index contributed by atoms with van der Waals surface area (Å²) in [6.45, 7) is 4.22. The third kappa shape index (κ3) is 3.57. The smallest absolute Gasteiger partial charge is 0.261 e. The predicted octanol–water partition coefficient (Wildman–Crippen LogP) is 3.04. The van der Waals surface area contributed by atoms with Crippen LogP contribution >= 0.6 is 11.3 Å². The van der Waals surface area contributed by atoms with E-state index in [1.807, 2.05) is 6.07 Å². The highest BCUT2D eigenvalue weighted by atomic mass is 32.1. The Hall–Kier alpha value is -0.870. The van der Waals surface area contributed by atoms with E-state index in [0.29, 0.717) is 0 Å². The topological polar surface area (TPSA) is 49.3 Å². The third-order valence-corrected chi connectivity index (χ3v) is 4.90. The highest BCUT2D eigenvalue weighted by molar-refractivity contribution is 7.14. The van der Waals surface area contributed by atoms with Gasteiger partial charge in [0, 0.05) is 4.88 Å². The van der Waals surface area contributed by atoms with E-state index in [2.05, 4.69) is 19.2 Å². The van der Waals surface area contributed by atoms with Gasteiger partial charge in [-0.2, -0.15) is 0 Å². The van der Waals surface area contributed by atoms with Crippen molar-refractivity contribution in [2.45, 2.75) is 64.5 Å². The lowest BCUT2D eigenvalue weighted by Gasteiger charge is -2.28. The van der Waals surface area contributed by atoms with Crippen molar-refractivity contribution in [1.82, 2.24) is 5.32 Å². The van der Waals surface area contributed by atoms with Crippen LogP contribution in [0.3, 0.4) is 0 Å². The first-order chi connectivity index (χ1) is 9.11. The molecule has 1 aromatic heterocycles. The van der Waals surface area contributed by atoms with Crippen molar-refractivity contribution in [1.29, 1.82) is 0 Å². The summed E-state index contributed by atoms with van der Waals surface area (Å²) in [6, 6.07) is 1.94. The van der Waals surface area contributed by atoms with Crippen LogP contribution in [0, 0.1) is 6.92 Å². The molecule has 0 spiro atoms. The molecule has 0 aromatic carbocycles. The third-order valence-electron chi connectivity index (χ3n) is 3.81. The maximum atomic E-state index is 12.2. The Labute approximate surface area is 119 Å². The van der Waals surface area contributed by atoms with Crippen LogP contribution in [0.25, 0.3) is 0 Å². The summed E-state index contributed by atoms with van der Waals surface area (Å²) in [5, 5.41) is 12.9. The van der Waals surface area contributed by atoms with E-state index in [1.165, 1.54) is 10.4 Å². The number of thiophene rings is 1. The molecule has 0 unspecified atom stereocenters. The van der Waals surface area contributed by atoms with E-state index < -0.39 is 0 Å². The van der Waals surface area contributed by atoms with Crippen LogP contribution in [0.15, 0.2) is 6.07 Å². The molecule has 1 amide bonds. The van der Waals surface area contributed by atoms with Gasteiger partial charge in [-0.1, -0.05) is 26.2 Å². The first-order valence-electron chi connectivity index (χ1n) is 7.20. The molecule has 3 nitrogen and oxygen atoms in total. The standard InChI is InChI=1S/C15H23NO2S/c1-3-6-11-9-14(19-10(11)2)15(18)16-12-7-4-5-8-13(12)17/h9,12-13,17H,3-8H2,1-2H3,(H,16,18)/t12-,13-/m0/s1. The zero-order valence-corrected chi connectivity index (χ0v) is 12.6. The maximum absolute atomic E-state index is 12.2. The van der Waals surface area contributed by atoms with Crippen molar-refractivity contribution in [3.63, 3.8) is 0 Å². The van der Waals surface area contributed by atoms with Crippen molar-refractivity contribution >= 4 is 17.2 Å². The summed E-state index contributed by atoms with van der Waals surface area (Å²) in [5.41, 5.74) is 1.28. The molecule has 0 bridgehead atoms. The fraction of sp³-hybridized carbons (Fsp3) is 0.667. The molecule has 2 atom stereocenters. The van der Waals surface area contributed by atoms with E-state index in [4.69, 9.17) is 0 Å². The SMILES string of the molecule is CCCc1cc(C(=O)N[C@H]2CCCC[C@@H]2O)sc1C. The van der Waals surface area contributed by atoms with Crippen LogP contribution in [0.2, 0.25) is 0 Å². The molecule has 0 aliphatic heterocycles. The Morgan fingerprint density at radius 3 is 2.89 bits per heavy atom. The van der Waals surface area contributed by atoms with Crippen molar-refractivity contribution < 1.29 is 9.90 Å². The van der Waals surface area contributed by atoms with E-state index >= 15 is 0 Å². The van der Waals surface area contributed by atoms with E-state index in [0.717, 1.165) is 43.4 Å². The average Bonchev–Trinajstić information content (AvgIpc) is 2.75. The summed E-state index contributed by atoms with van der Waals surface area (Å²) in [6.07, 6.45) is 5.59. The average molecular weight is 281 g/mol. The molecule has 1 saturated carbocycles. The van der Waals surface area contributed by atoms with Gasteiger partial charge in [0.1, 0.15) is 0 Å². The van der Waals surface area contributed by atoms with Gasteiger partial charge in [-0.15, -0.1) is 11.3 Å². The largest absolute Gasteiger partial charge is 0.391 e. The van der Waals surface area contributed by atoms with Crippen molar-refractivity contribution in [3.05, 3.63) is 21.4 Å². The number of hydrogen-bond acceptors (Lipinski definition) is 3. The summed E-state index contributed by atoms with van der Waals surface area (Å²) in [7, 11) is 0. The van der Waals surface area contributed by atoms with Crippen LogP contribution < -0.4 is 5.32 Å². The summed E-state index contributed by atoms with van der Waals surface area (Å²) in [4.78, 5) is 14.2. The predicted molar refractivity (Wildman–Crippen MR) is 78.8 cm³/mol. The van der Waals surface area contributed by atoms with Crippen LogP contribution in [-0.4, -0.2) is 23.2 Å². The van der Waals surface area contributed by atoms with E-state index in [9.17, 15) is 9.90 Å². The lowest BCUT2D eigenvalue weighted by molar-refractivity contribution is 0.0720. The second kappa shape index (κ2) is 6.53. The Morgan fingerprint density at radius 1 is 1.47 bits per heavy atom. The number of hydrogen-bond donors (Lipinski definition) is 2. The molecule has 0 radical (unpaired) electrons. The van der Waals surface area contributed by atoms with Crippen LogP contribution in [-0.2, 0) is 6.42 Å². The molecule has 4 heteroatoms. The highest BCUT2D eigenvalue weighted by Gasteiger charge is 2.25. The molecule has 2 N–H and O–H groups in total. The second-order valence-electron chi connectivity index (χ2n) is 5.37. The number of carbonyl (C=O) groups is 1. The number of nitrogens with one attached hydrogen (secondary N) is 1.